The number of benzene rings is 1. The van der Waals surface area contributed by atoms with E-state index in [-0.39, 0.29) is 17.6 Å². The zero-order valence-electron chi connectivity index (χ0n) is 13.9. The number of piperidine rings is 1. The predicted molar refractivity (Wildman–Crippen MR) is 92.5 cm³/mol. The van der Waals surface area contributed by atoms with Crippen molar-refractivity contribution in [1.29, 1.82) is 0 Å². The number of aryl methyl sites for hydroxylation is 1. The largest absolute Gasteiger partial charge is 0.348 e. The first-order valence-electron chi connectivity index (χ1n) is 8.10. The number of nitrogens with one attached hydrogen (secondary N) is 1. The molecular formula is C17H20N4O3S. The number of aromatic nitrogens is 2. The monoisotopic (exact) mass is 360 g/mol. The number of nitrogens with zero attached hydrogens (tertiary/aromatic N) is 3. The van der Waals surface area contributed by atoms with Crippen LogP contribution in [0.1, 0.15) is 28.9 Å². The second-order valence-electron chi connectivity index (χ2n) is 6.06. The van der Waals surface area contributed by atoms with Gasteiger partial charge in [0.05, 0.1) is 11.1 Å². The number of amides is 1. The first-order valence-corrected chi connectivity index (χ1v) is 9.54. The molecule has 0 radical (unpaired) electrons. The molecule has 0 bridgehead atoms. The first-order chi connectivity index (χ1) is 12.0. The molecule has 1 saturated heterocycles. The summed E-state index contributed by atoms with van der Waals surface area (Å²) in [5.74, 6) is -0.284. The average molecular weight is 360 g/mol. The van der Waals surface area contributed by atoms with Crippen molar-refractivity contribution in [3.8, 4) is 0 Å². The number of rotatable bonds is 4. The fourth-order valence-electron chi connectivity index (χ4n) is 2.78. The van der Waals surface area contributed by atoms with Crippen molar-refractivity contribution in [2.45, 2.75) is 30.7 Å². The van der Waals surface area contributed by atoms with Gasteiger partial charge in [0.1, 0.15) is 5.69 Å². The Morgan fingerprint density at radius 1 is 1.16 bits per heavy atom. The normalized spacial score (nSPS) is 16.5. The van der Waals surface area contributed by atoms with Crippen molar-refractivity contribution in [2.24, 2.45) is 0 Å². The van der Waals surface area contributed by atoms with Crippen LogP contribution in [-0.2, 0) is 10.0 Å². The predicted octanol–water partition coefficient (Wildman–Crippen LogP) is 1.37. The number of carbonyl (C=O) groups excluding carboxylic acids is 1. The molecule has 0 atom stereocenters. The van der Waals surface area contributed by atoms with Crippen LogP contribution >= 0.6 is 0 Å². The van der Waals surface area contributed by atoms with Crippen LogP contribution in [-0.4, -0.2) is 47.7 Å². The standard InChI is InChI=1S/C17H20N4O3S/c1-13-2-4-15(5-3-13)25(23,24)21-10-6-14(7-11-21)20-17(22)16-12-18-8-9-19-16/h2-5,8-9,12,14H,6-7,10-11H2,1H3,(H,20,22). The van der Waals surface area contributed by atoms with Crippen molar-refractivity contribution in [2.75, 3.05) is 13.1 Å². The Bertz CT molecular complexity index is 830. The fraction of sp³-hybridized carbons (Fsp3) is 0.353. The van der Waals surface area contributed by atoms with Gasteiger partial charge in [-0.1, -0.05) is 17.7 Å². The van der Waals surface area contributed by atoms with Crippen LogP contribution < -0.4 is 5.32 Å². The third-order valence-electron chi connectivity index (χ3n) is 4.24. The van der Waals surface area contributed by atoms with Crippen LogP contribution in [0.15, 0.2) is 47.8 Å². The second kappa shape index (κ2) is 7.28. The number of hydrogen-bond acceptors (Lipinski definition) is 5. The van der Waals surface area contributed by atoms with Gasteiger partial charge in [0.15, 0.2) is 0 Å². The zero-order valence-corrected chi connectivity index (χ0v) is 14.7. The molecule has 3 rings (SSSR count). The Labute approximate surface area is 147 Å². The lowest BCUT2D eigenvalue weighted by Gasteiger charge is -2.31. The van der Waals surface area contributed by atoms with E-state index in [4.69, 9.17) is 0 Å². The maximum atomic E-state index is 12.7. The summed E-state index contributed by atoms with van der Waals surface area (Å²) < 4.78 is 26.8. The Morgan fingerprint density at radius 3 is 2.44 bits per heavy atom. The number of hydrogen-bond donors (Lipinski definition) is 1. The van der Waals surface area contributed by atoms with Gasteiger partial charge in [-0.15, -0.1) is 0 Å². The highest BCUT2D eigenvalue weighted by Crippen LogP contribution is 2.21. The zero-order chi connectivity index (χ0) is 17.9. The highest BCUT2D eigenvalue weighted by Gasteiger charge is 2.30. The number of sulfonamides is 1. The van der Waals surface area contributed by atoms with E-state index in [2.05, 4.69) is 15.3 Å². The maximum Gasteiger partial charge on any atom is 0.271 e. The maximum absolute atomic E-state index is 12.7. The Kier molecular flexibility index (Phi) is 5.10. The van der Waals surface area contributed by atoms with Gasteiger partial charge in [-0.25, -0.2) is 13.4 Å². The van der Waals surface area contributed by atoms with Crippen molar-refractivity contribution < 1.29 is 13.2 Å². The summed E-state index contributed by atoms with van der Waals surface area (Å²) in [5.41, 5.74) is 1.28. The van der Waals surface area contributed by atoms with Gasteiger partial charge >= 0.3 is 0 Å². The summed E-state index contributed by atoms with van der Waals surface area (Å²) in [5, 5.41) is 2.89. The fourth-order valence-corrected chi connectivity index (χ4v) is 4.25. The molecule has 2 aromatic rings. The van der Waals surface area contributed by atoms with E-state index in [1.54, 1.807) is 24.3 Å². The molecule has 0 unspecified atom stereocenters. The lowest BCUT2D eigenvalue weighted by molar-refractivity contribution is 0.0918. The van der Waals surface area contributed by atoms with Crippen molar-refractivity contribution in [3.63, 3.8) is 0 Å². The van der Waals surface area contributed by atoms with E-state index in [1.165, 1.54) is 22.9 Å². The van der Waals surface area contributed by atoms with Gasteiger partial charge in [0.25, 0.3) is 5.91 Å². The summed E-state index contributed by atoms with van der Waals surface area (Å²) in [6.45, 7) is 2.67. The molecule has 1 aromatic heterocycles. The van der Waals surface area contributed by atoms with Crippen molar-refractivity contribution in [3.05, 3.63) is 54.1 Å². The Hall–Kier alpha value is -2.32. The minimum Gasteiger partial charge on any atom is -0.348 e. The van der Waals surface area contributed by atoms with Crippen LogP contribution in [0.5, 0.6) is 0 Å². The summed E-state index contributed by atoms with van der Waals surface area (Å²) in [7, 11) is -3.48. The van der Waals surface area contributed by atoms with E-state index in [0.29, 0.717) is 30.8 Å². The molecule has 25 heavy (non-hydrogen) atoms. The highest BCUT2D eigenvalue weighted by atomic mass is 32.2. The molecule has 1 amide bonds. The van der Waals surface area contributed by atoms with E-state index >= 15 is 0 Å². The van der Waals surface area contributed by atoms with Gasteiger partial charge in [-0.05, 0) is 31.9 Å². The van der Waals surface area contributed by atoms with Gasteiger partial charge in [0.2, 0.25) is 10.0 Å². The lowest BCUT2D eigenvalue weighted by Crippen LogP contribution is -2.46. The topological polar surface area (TPSA) is 92.3 Å². The van der Waals surface area contributed by atoms with Gasteiger partial charge < -0.3 is 5.32 Å². The van der Waals surface area contributed by atoms with Crippen molar-refractivity contribution in [1.82, 2.24) is 19.6 Å². The quantitative estimate of drug-likeness (QED) is 0.889. The molecule has 1 aliphatic rings. The minimum atomic E-state index is -3.48. The summed E-state index contributed by atoms with van der Waals surface area (Å²) >= 11 is 0. The highest BCUT2D eigenvalue weighted by molar-refractivity contribution is 7.89. The van der Waals surface area contributed by atoms with E-state index < -0.39 is 10.0 Å². The van der Waals surface area contributed by atoms with E-state index in [0.717, 1.165) is 5.56 Å². The van der Waals surface area contributed by atoms with Crippen LogP contribution in [0.3, 0.4) is 0 Å². The number of carbonyl (C=O) groups is 1. The average Bonchev–Trinajstić information content (AvgIpc) is 2.63. The molecule has 2 heterocycles. The molecule has 8 heteroatoms. The second-order valence-corrected chi connectivity index (χ2v) is 7.99. The van der Waals surface area contributed by atoms with Gasteiger partial charge in [-0.2, -0.15) is 4.31 Å². The van der Waals surface area contributed by atoms with Gasteiger partial charge in [0, 0.05) is 31.5 Å². The molecule has 1 fully saturated rings. The molecule has 1 N–H and O–H groups in total. The van der Waals surface area contributed by atoms with Crippen LogP contribution in [0.4, 0.5) is 0 Å². The molecule has 1 aromatic carbocycles. The Morgan fingerprint density at radius 2 is 1.84 bits per heavy atom. The Balaban J connectivity index is 1.60. The van der Waals surface area contributed by atoms with Crippen LogP contribution in [0.2, 0.25) is 0 Å². The van der Waals surface area contributed by atoms with Crippen LogP contribution in [0.25, 0.3) is 0 Å². The molecule has 1 aliphatic heterocycles. The third kappa shape index (κ3) is 4.02. The third-order valence-corrected chi connectivity index (χ3v) is 6.16. The summed E-state index contributed by atoms with van der Waals surface area (Å²) in [4.78, 5) is 20.2. The smallest absolute Gasteiger partial charge is 0.271 e. The summed E-state index contributed by atoms with van der Waals surface area (Å²) in [6, 6.07) is 6.78. The molecule has 0 spiro atoms. The molecule has 7 nitrogen and oxygen atoms in total. The SMILES string of the molecule is Cc1ccc(S(=O)(=O)N2CCC(NC(=O)c3cnccn3)CC2)cc1. The first kappa shape index (κ1) is 17.5. The lowest BCUT2D eigenvalue weighted by atomic mass is 10.1. The van der Waals surface area contributed by atoms with Gasteiger partial charge in [-0.3, -0.25) is 9.78 Å². The van der Waals surface area contributed by atoms with E-state index in [1.807, 2.05) is 6.92 Å². The molecular weight excluding hydrogens is 340 g/mol. The molecule has 132 valence electrons. The van der Waals surface area contributed by atoms with Crippen molar-refractivity contribution >= 4 is 15.9 Å². The molecule has 0 saturated carbocycles. The molecule has 0 aliphatic carbocycles. The minimum absolute atomic E-state index is 0.0704. The van der Waals surface area contributed by atoms with E-state index in [9.17, 15) is 13.2 Å². The summed E-state index contributed by atoms with van der Waals surface area (Å²) in [6.07, 6.45) is 5.51. The van der Waals surface area contributed by atoms with Crippen LogP contribution in [0, 0.1) is 6.92 Å².